The first-order valence-electron chi connectivity index (χ1n) is 9.01. The zero-order valence-electron chi connectivity index (χ0n) is 15.1. The van der Waals surface area contributed by atoms with Gasteiger partial charge < -0.3 is 10.6 Å². The van der Waals surface area contributed by atoms with Crippen LogP contribution < -0.4 is 11.4 Å². The van der Waals surface area contributed by atoms with Crippen molar-refractivity contribution in [2.75, 3.05) is 0 Å². The monoisotopic (exact) mass is 386 g/mol. The number of thioether (sulfide) groups is 1. The fraction of sp³-hybridized carbons (Fsp3) is 0.444. The smallest absolute Gasteiger partial charge is 0.348 e. The lowest BCUT2D eigenvalue weighted by molar-refractivity contribution is -0.114. The summed E-state index contributed by atoms with van der Waals surface area (Å²) in [5.74, 6) is 0.251. The molecule has 9 heteroatoms. The third kappa shape index (κ3) is 3.64. The van der Waals surface area contributed by atoms with E-state index in [9.17, 15) is 9.59 Å². The molecule has 1 fully saturated rings. The number of carbonyl (C=O) groups excluding carboxylic acids is 1. The van der Waals surface area contributed by atoms with Gasteiger partial charge in [-0.05, 0) is 30.9 Å². The van der Waals surface area contributed by atoms with Crippen LogP contribution in [0.1, 0.15) is 37.2 Å². The Labute approximate surface area is 161 Å². The highest BCUT2D eigenvalue weighted by Gasteiger charge is 2.35. The number of nitrogens with two attached hydrogens (primary N) is 1. The molecule has 1 unspecified atom stereocenters. The number of carbonyl (C=O) groups is 1. The summed E-state index contributed by atoms with van der Waals surface area (Å²) in [6, 6.07) is 3.83. The van der Waals surface area contributed by atoms with Gasteiger partial charge in [-0.3, -0.25) is 14.3 Å². The third-order valence-electron chi connectivity index (χ3n) is 4.99. The van der Waals surface area contributed by atoms with Crippen molar-refractivity contribution in [1.82, 2.24) is 24.2 Å². The van der Waals surface area contributed by atoms with Gasteiger partial charge in [-0.25, -0.2) is 9.48 Å². The predicted molar refractivity (Wildman–Crippen MR) is 102 cm³/mol. The molecule has 3 heterocycles. The predicted octanol–water partition coefficient (Wildman–Crippen LogP) is 1.66. The molecule has 2 aromatic rings. The molecule has 2 aliphatic rings. The fourth-order valence-electron chi connectivity index (χ4n) is 3.25. The molecular weight excluding hydrogens is 364 g/mol. The molecular formula is C18H22N6O2S. The number of allylic oxidation sites excluding steroid dienone is 1. The molecule has 1 atom stereocenters. The minimum atomic E-state index is -0.481. The van der Waals surface area contributed by atoms with Gasteiger partial charge in [0, 0.05) is 31.2 Å². The first-order chi connectivity index (χ1) is 13.0. The Bertz CT molecular complexity index is 931. The molecule has 1 saturated carbocycles. The fourth-order valence-corrected chi connectivity index (χ4v) is 4.48. The van der Waals surface area contributed by atoms with Gasteiger partial charge in [0.05, 0.1) is 4.91 Å². The number of amides is 1. The Balaban J connectivity index is 1.62. The lowest BCUT2D eigenvalue weighted by Gasteiger charge is -2.27. The lowest BCUT2D eigenvalue weighted by Crippen LogP contribution is -2.33. The van der Waals surface area contributed by atoms with Gasteiger partial charge >= 0.3 is 5.69 Å². The maximum Gasteiger partial charge on any atom is 0.348 e. The number of hydrogen-bond donors (Lipinski definition) is 1. The van der Waals surface area contributed by atoms with E-state index in [1.165, 1.54) is 29.3 Å². The maximum atomic E-state index is 12.8. The number of hydrogen-bond acceptors (Lipinski definition) is 6. The van der Waals surface area contributed by atoms with Crippen LogP contribution >= 0.6 is 11.8 Å². The van der Waals surface area contributed by atoms with Crippen molar-refractivity contribution in [2.45, 2.75) is 44.8 Å². The summed E-state index contributed by atoms with van der Waals surface area (Å²) in [5, 5.41) is 4.28. The van der Waals surface area contributed by atoms with Crippen LogP contribution in [-0.2, 0) is 17.9 Å². The zero-order valence-corrected chi connectivity index (χ0v) is 15.9. The Morgan fingerprint density at radius 3 is 2.89 bits per heavy atom. The normalized spacial score (nSPS) is 19.7. The molecule has 142 valence electrons. The molecule has 0 saturated heterocycles. The van der Waals surface area contributed by atoms with Gasteiger partial charge in [-0.1, -0.05) is 30.7 Å². The highest BCUT2D eigenvalue weighted by atomic mass is 32.2. The van der Waals surface area contributed by atoms with Crippen LogP contribution in [0.25, 0.3) is 0 Å². The van der Waals surface area contributed by atoms with E-state index in [0.717, 1.165) is 23.6 Å². The topological polar surface area (TPSA) is 99.0 Å². The van der Waals surface area contributed by atoms with Gasteiger partial charge in [0.2, 0.25) is 0 Å². The van der Waals surface area contributed by atoms with Crippen molar-refractivity contribution in [2.24, 2.45) is 11.7 Å². The van der Waals surface area contributed by atoms with Gasteiger partial charge in [0.25, 0.3) is 5.91 Å². The van der Waals surface area contributed by atoms with Crippen LogP contribution in [0.2, 0.25) is 0 Å². The van der Waals surface area contributed by atoms with Gasteiger partial charge in [-0.15, -0.1) is 0 Å². The molecule has 0 bridgehead atoms. The number of aromatic nitrogens is 4. The molecule has 1 aliphatic carbocycles. The summed E-state index contributed by atoms with van der Waals surface area (Å²) in [6.45, 7) is 3.01. The van der Waals surface area contributed by atoms with Crippen molar-refractivity contribution < 1.29 is 4.79 Å². The average Bonchev–Trinajstić information content (AvgIpc) is 3.35. The number of primary amides is 1. The van der Waals surface area contributed by atoms with Crippen molar-refractivity contribution in [3.8, 4) is 0 Å². The second-order valence-corrected chi connectivity index (χ2v) is 8.05. The van der Waals surface area contributed by atoms with Crippen molar-refractivity contribution in [3.63, 3.8) is 0 Å². The van der Waals surface area contributed by atoms with Crippen LogP contribution in [-0.4, -0.2) is 30.1 Å². The summed E-state index contributed by atoms with van der Waals surface area (Å²) in [6.07, 6.45) is 8.53. The van der Waals surface area contributed by atoms with Crippen LogP contribution in [0, 0.1) is 5.92 Å². The quantitative estimate of drug-likeness (QED) is 0.777. The SMILES string of the molecule is CC1=C(C(N)=O)SC(n2cnn(CCC3CC3)c2=O)N1Cc1cccnc1. The summed E-state index contributed by atoms with van der Waals surface area (Å²) in [7, 11) is 0. The van der Waals surface area contributed by atoms with E-state index in [2.05, 4.69) is 10.1 Å². The van der Waals surface area contributed by atoms with E-state index in [-0.39, 0.29) is 5.69 Å². The van der Waals surface area contributed by atoms with E-state index in [1.54, 1.807) is 23.3 Å². The molecule has 2 aromatic heterocycles. The molecule has 1 aliphatic heterocycles. The Morgan fingerprint density at radius 2 is 2.22 bits per heavy atom. The molecule has 2 N–H and O–H groups in total. The number of pyridine rings is 1. The van der Waals surface area contributed by atoms with Gasteiger partial charge in [0.1, 0.15) is 6.33 Å². The van der Waals surface area contributed by atoms with Crippen molar-refractivity contribution in [3.05, 3.63) is 57.5 Å². The summed E-state index contributed by atoms with van der Waals surface area (Å²) in [5.41, 5.74) is 6.74. The van der Waals surface area contributed by atoms with Crippen LogP contribution in [0.4, 0.5) is 0 Å². The Kier molecular flexibility index (Phi) is 4.77. The number of nitrogens with zero attached hydrogens (tertiary/aromatic N) is 5. The Hall–Kier alpha value is -2.55. The van der Waals surface area contributed by atoms with Gasteiger partial charge in [-0.2, -0.15) is 5.10 Å². The third-order valence-corrected chi connectivity index (χ3v) is 6.41. The van der Waals surface area contributed by atoms with Crippen LogP contribution in [0.3, 0.4) is 0 Å². The molecule has 8 nitrogen and oxygen atoms in total. The molecule has 4 rings (SSSR count). The molecule has 1 amide bonds. The lowest BCUT2D eigenvalue weighted by atomic mass is 10.2. The van der Waals surface area contributed by atoms with E-state index in [1.807, 2.05) is 24.0 Å². The standard InChI is InChI=1S/C18H22N6O2S/c1-12-15(16(19)25)27-18(22(12)10-14-3-2-7-20-9-14)23-11-21-24(17(23)26)8-6-13-4-5-13/h2-3,7,9,11,13,18H,4-6,8,10H2,1H3,(H2,19,25). The zero-order chi connectivity index (χ0) is 19.0. The highest BCUT2D eigenvalue weighted by molar-refractivity contribution is 8.04. The largest absolute Gasteiger partial charge is 0.365 e. The minimum absolute atomic E-state index is 0.164. The highest BCUT2D eigenvalue weighted by Crippen LogP contribution is 2.44. The summed E-state index contributed by atoms with van der Waals surface area (Å²) >= 11 is 1.29. The van der Waals surface area contributed by atoms with E-state index >= 15 is 0 Å². The van der Waals surface area contributed by atoms with Crippen molar-refractivity contribution >= 4 is 17.7 Å². The first-order valence-corrected chi connectivity index (χ1v) is 9.89. The van der Waals surface area contributed by atoms with Crippen LogP contribution in [0.5, 0.6) is 0 Å². The van der Waals surface area contributed by atoms with E-state index < -0.39 is 11.4 Å². The first kappa shape index (κ1) is 17.8. The molecule has 27 heavy (non-hydrogen) atoms. The second-order valence-electron chi connectivity index (χ2n) is 6.99. The molecule has 0 aromatic carbocycles. The molecule has 0 spiro atoms. The Morgan fingerprint density at radius 1 is 1.41 bits per heavy atom. The minimum Gasteiger partial charge on any atom is -0.365 e. The number of aryl methyl sites for hydroxylation is 1. The van der Waals surface area contributed by atoms with E-state index in [4.69, 9.17) is 5.73 Å². The van der Waals surface area contributed by atoms with E-state index in [0.29, 0.717) is 18.0 Å². The summed E-state index contributed by atoms with van der Waals surface area (Å²) in [4.78, 5) is 31.3. The second kappa shape index (κ2) is 7.22. The average molecular weight is 386 g/mol. The number of rotatable bonds is 7. The maximum absolute atomic E-state index is 12.8. The van der Waals surface area contributed by atoms with Crippen molar-refractivity contribution in [1.29, 1.82) is 0 Å². The van der Waals surface area contributed by atoms with Crippen LogP contribution in [0.15, 0.2) is 46.3 Å². The van der Waals surface area contributed by atoms with Gasteiger partial charge in [0.15, 0.2) is 5.50 Å². The molecule has 0 radical (unpaired) electrons. The summed E-state index contributed by atoms with van der Waals surface area (Å²) < 4.78 is 3.09.